The topological polar surface area (TPSA) is 29.5 Å². The fourth-order valence-electron chi connectivity index (χ4n) is 2.80. The molecule has 0 aromatic heterocycles. The number of carbonyl (C=O) groups excluding carboxylic acids is 1. The molecule has 0 atom stereocenters. The van der Waals surface area contributed by atoms with Crippen molar-refractivity contribution in [1.29, 1.82) is 0 Å². The van der Waals surface area contributed by atoms with Crippen molar-refractivity contribution in [1.82, 2.24) is 4.90 Å². The summed E-state index contributed by atoms with van der Waals surface area (Å²) in [5, 5.41) is 0. The summed E-state index contributed by atoms with van der Waals surface area (Å²) in [6.07, 6.45) is 2.58. The van der Waals surface area contributed by atoms with Crippen molar-refractivity contribution in [3.05, 3.63) is 35.4 Å². The van der Waals surface area contributed by atoms with E-state index in [1.54, 1.807) is 0 Å². The van der Waals surface area contributed by atoms with Gasteiger partial charge in [0.15, 0.2) is 0 Å². The largest absolute Gasteiger partial charge is 0.465 e. The van der Waals surface area contributed by atoms with Crippen LogP contribution < -0.4 is 0 Å². The van der Waals surface area contributed by atoms with Gasteiger partial charge in [0, 0.05) is 13.1 Å². The number of esters is 1. The second-order valence-corrected chi connectivity index (χ2v) is 6.17. The molecule has 0 spiro atoms. The van der Waals surface area contributed by atoms with Crippen molar-refractivity contribution >= 4 is 5.97 Å². The van der Waals surface area contributed by atoms with Gasteiger partial charge in [0.2, 0.25) is 0 Å². The normalized spacial score (nSPS) is 19.1. The highest BCUT2D eigenvalue weighted by Gasteiger charge is 2.26. The molecule has 1 saturated heterocycles. The molecule has 1 heterocycles. The van der Waals surface area contributed by atoms with Crippen molar-refractivity contribution in [3.8, 4) is 0 Å². The quantitative estimate of drug-likeness (QED) is 0.783. The zero-order chi connectivity index (χ0) is 13.9. The molecule has 2 rings (SSSR count). The van der Waals surface area contributed by atoms with Gasteiger partial charge in [-0.15, -0.1) is 0 Å². The maximum Gasteiger partial charge on any atom is 0.337 e. The van der Waals surface area contributed by atoms with Crippen molar-refractivity contribution in [2.75, 3.05) is 20.2 Å². The Morgan fingerprint density at radius 1 is 1.32 bits per heavy atom. The summed E-state index contributed by atoms with van der Waals surface area (Å²) < 4.78 is 4.70. The van der Waals surface area contributed by atoms with E-state index in [0.29, 0.717) is 11.0 Å². The lowest BCUT2D eigenvalue weighted by atomic mass is 9.84. The van der Waals surface area contributed by atoms with Crippen molar-refractivity contribution < 1.29 is 9.53 Å². The summed E-state index contributed by atoms with van der Waals surface area (Å²) in [6.45, 7) is 7.94. The van der Waals surface area contributed by atoms with Crippen LogP contribution in [0.15, 0.2) is 24.3 Å². The van der Waals surface area contributed by atoms with Crippen LogP contribution >= 0.6 is 0 Å². The Morgan fingerprint density at radius 3 is 2.58 bits per heavy atom. The van der Waals surface area contributed by atoms with Gasteiger partial charge in [0.1, 0.15) is 0 Å². The lowest BCUT2D eigenvalue weighted by Gasteiger charge is -2.38. The molecular formula is C16H23NO2. The highest BCUT2D eigenvalue weighted by atomic mass is 16.5. The zero-order valence-electron chi connectivity index (χ0n) is 12.1. The Bertz CT molecular complexity index is 437. The average Bonchev–Trinajstić information content (AvgIpc) is 2.37. The molecule has 0 radical (unpaired) electrons. The monoisotopic (exact) mass is 261 g/mol. The molecule has 3 heteroatoms. The van der Waals surface area contributed by atoms with Crippen molar-refractivity contribution in [3.63, 3.8) is 0 Å². The second-order valence-electron chi connectivity index (χ2n) is 6.17. The predicted molar refractivity (Wildman–Crippen MR) is 76.1 cm³/mol. The number of piperidine rings is 1. The van der Waals surface area contributed by atoms with E-state index in [9.17, 15) is 4.79 Å². The second kappa shape index (κ2) is 5.74. The number of hydrogen-bond donors (Lipinski definition) is 0. The van der Waals surface area contributed by atoms with Gasteiger partial charge in [0.05, 0.1) is 12.7 Å². The van der Waals surface area contributed by atoms with Gasteiger partial charge >= 0.3 is 5.97 Å². The van der Waals surface area contributed by atoms with Gasteiger partial charge in [-0.05, 0) is 42.5 Å². The van der Waals surface area contributed by atoms with Gasteiger partial charge in [-0.25, -0.2) is 4.79 Å². The molecule has 1 aliphatic rings. The molecule has 3 nitrogen and oxygen atoms in total. The third-order valence-electron chi connectivity index (χ3n) is 3.76. The molecule has 0 unspecified atom stereocenters. The average molecular weight is 261 g/mol. The highest BCUT2D eigenvalue weighted by molar-refractivity contribution is 5.89. The molecule has 0 N–H and O–H groups in total. The van der Waals surface area contributed by atoms with Crippen molar-refractivity contribution in [2.45, 2.75) is 33.2 Å². The third kappa shape index (κ3) is 3.80. The summed E-state index contributed by atoms with van der Waals surface area (Å²) in [5.74, 6) is -0.273. The maximum atomic E-state index is 11.4. The number of hydrogen-bond acceptors (Lipinski definition) is 3. The SMILES string of the molecule is COC(=O)c1ccc(CN2CCCC(C)(C)C2)cc1. The number of methoxy groups -OCH3 is 1. The maximum absolute atomic E-state index is 11.4. The smallest absolute Gasteiger partial charge is 0.337 e. The van der Waals surface area contributed by atoms with Gasteiger partial charge < -0.3 is 4.74 Å². The molecule has 0 bridgehead atoms. The number of rotatable bonds is 3. The van der Waals surface area contributed by atoms with Crippen LogP contribution in [0.4, 0.5) is 0 Å². The number of benzene rings is 1. The predicted octanol–water partition coefficient (Wildman–Crippen LogP) is 3.10. The number of ether oxygens (including phenoxy) is 1. The van der Waals surface area contributed by atoms with Crippen LogP contribution in [-0.4, -0.2) is 31.1 Å². The molecule has 1 aliphatic heterocycles. The fraction of sp³-hybridized carbons (Fsp3) is 0.562. The molecule has 19 heavy (non-hydrogen) atoms. The first-order chi connectivity index (χ1) is 9.00. The molecule has 1 aromatic rings. The summed E-state index contributed by atoms with van der Waals surface area (Å²) in [4.78, 5) is 13.9. The van der Waals surface area contributed by atoms with Crippen LogP contribution in [0.5, 0.6) is 0 Å². The third-order valence-corrected chi connectivity index (χ3v) is 3.76. The molecule has 104 valence electrons. The molecule has 1 aromatic carbocycles. The van der Waals surface area contributed by atoms with Crippen LogP contribution in [0.3, 0.4) is 0 Å². The standard InChI is InChI=1S/C16H23NO2/c1-16(2)9-4-10-17(12-16)11-13-5-7-14(8-6-13)15(18)19-3/h5-8H,4,9-12H2,1-3H3. The first kappa shape index (κ1) is 14.1. The van der Waals surface area contributed by atoms with Gasteiger partial charge in [-0.2, -0.15) is 0 Å². The Morgan fingerprint density at radius 2 is 2.00 bits per heavy atom. The van der Waals surface area contributed by atoms with E-state index in [1.807, 2.05) is 24.3 Å². The summed E-state index contributed by atoms with van der Waals surface area (Å²) in [7, 11) is 1.41. The number of carbonyl (C=O) groups is 1. The Labute approximate surface area is 115 Å². The van der Waals surface area contributed by atoms with E-state index >= 15 is 0 Å². The minimum Gasteiger partial charge on any atom is -0.465 e. The lowest BCUT2D eigenvalue weighted by molar-refractivity contribution is 0.0600. The lowest BCUT2D eigenvalue weighted by Crippen LogP contribution is -2.39. The van der Waals surface area contributed by atoms with Crippen LogP contribution in [0.1, 0.15) is 42.6 Å². The summed E-state index contributed by atoms with van der Waals surface area (Å²) in [5.41, 5.74) is 2.29. The summed E-state index contributed by atoms with van der Waals surface area (Å²) in [6, 6.07) is 7.73. The number of nitrogens with zero attached hydrogens (tertiary/aromatic N) is 1. The minimum atomic E-state index is -0.273. The summed E-state index contributed by atoms with van der Waals surface area (Å²) >= 11 is 0. The zero-order valence-corrected chi connectivity index (χ0v) is 12.1. The highest BCUT2D eigenvalue weighted by Crippen LogP contribution is 2.29. The Kier molecular flexibility index (Phi) is 4.25. The fourth-order valence-corrected chi connectivity index (χ4v) is 2.80. The van der Waals surface area contributed by atoms with Gasteiger partial charge in [-0.1, -0.05) is 26.0 Å². The van der Waals surface area contributed by atoms with E-state index in [1.165, 1.54) is 32.1 Å². The first-order valence-electron chi connectivity index (χ1n) is 6.90. The van der Waals surface area contributed by atoms with E-state index < -0.39 is 0 Å². The van der Waals surface area contributed by atoms with Crippen LogP contribution in [0.2, 0.25) is 0 Å². The Balaban J connectivity index is 1.98. The van der Waals surface area contributed by atoms with E-state index in [-0.39, 0.29) is 5.97 Å². The molecule has 1 fully saturated rings. The van der Waals surface area contributed by atoms with Crippen LogP contribution in [0.25, 0.3) is 0 Å². The first-order valence-corrected chi connectivity index (χ1v) is 6.90. The van der Waals surface area contributed by atoms with Crippen molar-refractivity contribution in [2.24, 2.45) is 5.41 Å². The molecule has 0 saturated carbocycles. The molecule has 0 aliphatic carbocycles. The van der Waals surface area contributed by atoms with E-state index in [4.69, 9.17) is 4.74 Å². The van der Waals surface area contributed by atoms with Crippen LogP contribution in [-0.2, 0) is 11.3 Å². The van der Waals surface area contributed by atoms with E-state index in [2.05, 4.69) is 18.7 Å². The molecule has 0 amide bonds. The van der Waals surface area contributed by atoms with Gasteiger partial charge in [-0.3, -0.25) is 4.90 Å². The molecular weight excluding hydrogens is 238 g/mol. The van der Waals surface area contributed by atoms with Gasteiger partial charge in [0.25, 0.3) is 0 Å². The Hall–Kier alpha value is -1.35. The minimum absolute atomic E-state index is 0.273. The van der Waals surface area contributed by atoms with Crippen LogP contribution in [0, 0.1) is 5.41 Å². The van der Waals surface area contributed by atoms with E-state index in [0.717, 1.165) is 13.1 Å². The number of likely N-dealkylation sites (tertiary alicyclic amines) is 1.